The van der Waals surface area contributed by atoms with E-state index in [0.29, 0.717) is 30.6 Å². The van der Waals surface area contributed by atoms with Crippen LogP contribution in [0.3, 0.4) is 0 Å². The minimum absolute atomic E-state index is 0. The van der Waals surface area contributed by atoms with Crippen LogP contribution in [0, 0.1) is 18.7 Å². The van der Waals surface area contributed by atoms with Crippen LogP contribution in [0.1, 0.15) is 40.7 Å². The van der Waals surface area contributed by atoms with Gasteiger partial charge in [0, 0.05) is 30.7 Å². The fourth-order valence-corrected chi connectivity index (χ4v) is 4.93. The summed E-state index contributed by atoms with van der Waals surface area (Å²) >= 11 is 0. The van der Waals surface area contributed by atoms with Crippen molar-refractivity contribution in [3.8, 4) is 0 Å². The van der Waals surface area contributed by atoms with Crippen LogP contribution in [-0.2, 0) is 11.3 Å². The molecule has 2 unspecified atom stereocenters. The Kier molecular flexibility index (Phi) is 7.72. The van der Waals surface area contributed by atoms with Crippen molar-refractivity contribution in [3.63, 3.8) is 0 Å². The van der Waals surface area contributed by atoms with Gasteiger partial charge in [-0.2, -0.15) is 0 Å². The summed E-state index contributed by atoms with van der Waals surface area (Å²) in [5, 5.41) is 8.74. The summed E-state index contributed by atoms with van der Waals surface area (Å²) in [7, 11) is 0. The quantitative estimate of drug-likeness (QED) is 0.525. The van der Waals surface area contributed by atoms with Gasteiger partial charge in [0.1, 0.15) is 5.82 Å². The molecule has 0 radical (unpaired) electrons. The summed E-state index contributed by atoms with van der Waals surface area (Å²) in [6.07, 6.45) is 2.71. The third-order valence-electron chi connectivity index (χ3n) is 7.03. The fraction of sp³-hybridized carbons (Fsp3) is 0.357. The van der Waals surface area contributed by atoms with Crippen LogP contribution in [0.2, 0.25) is 0 Å². The standard InChI is InChI=1S/C28H30FN3O2.ClH/c1-18-15-20(9-12-25(18)29)27(33)31-26-13-14-30-16-24(26)28(34)32(22-10-11-22)17-21-7-4-6-19-5-2-3-8-23(19)21;/h2-9,12,15,22,24,26,30H,10-11,13-14,16-17H2,1H3,(H,31,33);1H. The molecule has 3 aromatic rings. The van der Waals surface area contributed by atoms with Gasteiger partial charge in [0.25, 0.3) is 5.91 Å². The number of hydrogen-bond acceptors (Lipinski definition) is 3. The molecule has 5 nitrogen and oxygen atoms in total. The lowest BCUT2D eigenvalue weighted by Gasteiger charge is -2.36. The van der Waals surface area contributed by atoms with Gasteiger partial charge in [-0.1, -0.05) is 42.5 Å². The van der Waals surface area contributed by atoms with E-state index in [4.69, 9.17) is 0 Å². The van der Waals surface area contributed by atoms with Crippen molar-refractivity contribution in [1.82, 2.24) is 15.5 Å². The van der Waals surface area contributed by atoms with Crippen molar-refractivity contribution in [3.05, 3.63) is 83.2 Å². The van der Waals surface area contributed by atoms with Crippen LogP contribution >= 0.6 is 12.4 Å². The van der Waals surface area contributed by atoms with Crippen molar-refractivity contribution in [2.24, 2.45) is 5.92 Å². The molecule has 35 heavy (non-hydrogen) atoms. The molecular formula is C28H31ClFN3O2. The van der Waals surface area contributed by atoms with E-state index in [-0.39, 0.29) is 48.0 Å². The molecule has 184 valence electrons. The first kappa shape index (κ1) is 25.1. The zero-order chi connectivity index (χ0) is 23.7. The van der Waals surface area contributed by atoms with Gasteiger partial charge in [-0.3, -0.25) is 9.59 Å². The van der Waals surface area contributed by atoms with E-state index in [9.17, 15) is 14.0 Å². The predicted molar refractivity (Wildman–Crippen MR) is 138 cm³/mol. The summed E-state index contributed by atoms with van der Waals surface area (Å²) < 4.78 is 13.6. The van der Waals surface area contributed by atoms with Crippen molar-refractivity contribution < 1.29 is 14.0 Å². The number of aryl methyl sites for hydroxylation is 1. The second kappa shape index (κ2) is 10.8. The van der Waals surface area contributed by atoms with Gasteiger partial charge >= 0.3 is 0 Å². The van der Waals surface area contributed by atoms with E-state index in [1.807, 2.05) is 23.1 Å². The molecule has 1 saturated carbocycles. The Hall–Kier alpha value is -2.96. The Morgan fingerprint density at radius 2 is 1.83 bits per heavy atom. The number of nitrogens with one attached hydrogen (secondary N) is 2. The predicted octanol–water partition coefficient (Wildman–Crippen LogP) is 4.61. The highest BCUT2D eigenvalue weighted by Gasteiger charge is 2.40. The average Bonchev–Trinajstić information content (AvgIpc) is 3.69. The Labute approximate surface area is 211 Å². The number of rotatable bonds is 6. The number of fused-ring (bicyclic) bond motifs is 1. The minimum Gasteiger partial charge on any atom is -0.348 e. The Morgan fingerprint density at radius 1 is 1.06 bits per heavy atom. The van der Waals surface area contributed by atoms with Crippen LogP contribution in [0.15, 0.2) is 60.7 Å². The zero-order valence-electron chi connectivity index (χ0n) is 19.8. The monoisotopic (exact) mass is 495 g/mol. The summed E-state index contributed by atoms with van der Waals surface area (Å²) in [5.74, 6) is -0.849. The van der Waals surface area contributed by atoms with Crippen molar-refractivity contribution in [2.45, 2.75) is 44.8 Å². The SMILES string of the molecule is Cc1cc(C(=O)NC2CCNCC2C(=O)N(Cc2cccc3ccccc23)C2CC2)ccc1F.Cl. The number of nitrogens with zero attached hydrogens (tertiary/aromatic N) is 1. The third kappa shape index (κ3) is 5.49. The normalized spacial score (nSPS) is 19.6. The second-order valence-corrected chi connectivity index (χ2v) is 9.48. The van der Waals surface area contributed by atoms with Crippen molar-refractivity contribution in [1.29, 1.82) is 0 Å². The highest BCUT2D eigenvalue weighted by molar-refractivity contribution is 5.95. The molecule has 2 aliphatic rings. The van der Waals surface area contributed by atoms with E-state index < -0.39 is 0 Å². The molecule has 2 atom stereocenters. The maximum Gasteiger partial charge on any atom is 0.251 e. The summed E-state index contributed by atoms with van der Waals surface area (Å²) in [6, 6.07) is 18.8. The van der Waals surface area contributed by atoms with Crippen LogP contribution in [0.5, 0.6) is 0 Å². The van der Waals surface area contributed by atoms with E-state index in [0.717, 1.165) is 24.9 Å². The van der Waals surface area contributed by atoms with Gasteiger partial charge in [-0.15, -0.1) is 12.4 Å². The second-order valence-electron chi connectivity index (χ2n) is 9.48. The first-order valence-electron chi connectivity index (χ1n) is 12.1. The van der Waals surface area contributed by atoms with Crippen LogP contribution < -0.4 is 10.6 Å². The molecule has 3 aromatic carbocycles. The van der Waals surface area contributed by atoms with Gasteiger partial charge in [-0.05, 0) is 72.8 Å². The van der Waals surface area contributed by atoms with Gasteiger partial charge in [0.05, 0.1) is 5.92 Å². The molecule has 1 aliphatic carbocycles. The van der Waals surface area contributed by atoms with Crippen LogP contribution in [0.25, 0.3) is 10.8 Å². The highest BCUT2D eigenvalue weighted by atomic mass is 35.5. The molecule has 1 saturated heterocycles. The summed E-state index contributed by atoms with van der Waals surface area (Å²) in [4.78, 5) is 28.8. The van der Waals surface area contributed by atoms with E-state index in [1.165, 1.54) is 22.9 Å². The molecule has 0 aromatic heterocycles. The molecule has 5 rings (SSSR count). The molecule has 1 heterocycles. The Balaban J connectivity index is 0.00000289. The van der Waals surface area contributed by atoms with Crippen molar-refractivity contribution >= 4 is 35.0 Å². The molecule has 0 bridgehead atoms. The number of piperidine rings is 1. The number of benzene rings is 3. The van der Waals surface area contributed by atoms with E-state index in [2.05, 4.69) is 34.9 Å². The fourth-order valence-electron chi connectivity index (χ4n) is 4.93. The maximum absolute atomic E-state index is 13.8. The first-order valence-corrected chi connectivity index (χ1v) is 12.1. The van der Waals surface area contributed by atoms with E-state index >= 15 is 0 Å². The first-order chi connectivity index (χ1) is 16.5. The lowest BCUT2D eigenvalue weighted by Crippen LogP contribution is -2.55. The van der Waals surface area contributed by atoms with Crippen molar-refractivity contribution in [2.75, 3.05) is 13.1 Å². The Morgan fingerprint density at radius 3 is 2.60 bits per heavy atom. The van der Waals surface area contributed by atoms with Gasteiger partial charge in [0.15, 0.2) is 0 Å². The maximum atomic E-state index is 13.8. The third-order valence-corrected chi connectivity index (χ3v) is 7.03. The van der Waals surface area contributed by atoms with Gasteiger partial charge in [0.2, 0.25) is 5.91 Å². The largest absolute Gasteiger partial charge is 0.348 e. The van der Waals surface area contributed by atoms with Crippen LogP contribution in [-0.4, -0.2) is 41.9 Å². The number of hydrogen-bond donors (Lipinski definition) is 2. The van der Waals surface area contributed by atoms with Gasteiger partial charge < -0.3 is 15.5 Å². The molecule has 2 fully saturated rings. The molecule has 2 N–H and O–H groups in total. The molecule has 1 aliphatic heterocycles. The number of halogens is 2. The highest BCUT2D eigenvalue weighted by Crippen LogP contribution is 2.32. The number of carbonyl (C=O) groups is 2. The average molecular weight is 496 g/mol. The lowest BCUT2D eigenvalue weighted by molar-refractivity contribution is -0.138. The topological polar surface area (TPSA) is 61.4 Å². The number of carbonyl (C=O) groups excluding carboxylic acids is 2. The summed E-state index contributed by atoms with van der Waals surface area (Å²) in [6.45, 7) is 3.48. The molecular weight excluding hydrogens is 465 g/mol. The summed E-state index contributed by atoms with van der Waals surface area (Å²) in [5.41, 5.74) is 1.99. The smallest absolute Gasteiger partial charge is 0.251 e. The minimum atomic E-state index is -0.338. The zero-order valence-corrected chi connectivity index (χ0v) is 20.6. The van der Waals surface area contributed by atoms with Crippen LogP contribution in [0.4, 0.5) is 4.39 Å². The number of amides is 2. The molecule has 7 heteroatoms. The molecule has 0 spiro atoms. The lowest BCUT2D eigenvalue weighted by atomic mass is 9.91. The molecule has 2 amide bonds. The van der Waals surface area contributed by atoms with E-state index in [1.54, 1.807) is 13.0 Å². The van der Waals surface area contributed by atoms with Gasteiger partial charge in [-0.25, -0.2) is 4.39 Å². The Bertz CT molecular complexity index is 1220.